The molecule has 1 aromatic heterocycles. The summed E-state index contributed by atoms with van der Waals surface area (Å²) in [6, 6.07) is 8.96. The van der Waals surface area contributed by atoms with Crippen LogP contribution in [0, 0.1) is 0 Å². The van der Waals surface area contributed by atoms with E-state index in [-0.39, 0.29) is 0 Å². The molecule has 108 valence electrons. The lowest BCUT2D eigenvalue weighted by atomic mass is 10.1. The van der Waals surface area contributed by atoms with Gasteiger partial charge in [-0.2, -0.15) is 5.10 Å². The molecule has 0 amide bonds. The average molecular weight is 273 g/mol. The third-order valence-electron chi connectivity index (χ3n) is 3.24. The topological polar surface area (TPSA) is 39.1 Å². The third-order valence-corrected chi connectivity index (χ3v) is 3.24. The highest BCUT2D eigenvalue weighted by Gasteiger charge is 2.07. The van der Waals surface area contributed by atoms with Crippen molar-refractivity contribution in [2.75, 3.05) is 12.4 Å². The summed E-state index contributed by atoms with van der Waals surface area (Å²) in [5.41, 5.74) is 2.36. The number of nitrogens with zero attached hydrogens (tertiary/aromatic N) is 2. The normalized spacial score (nSPS) is 12.4. The first-order chi connectivity index (χ1) is 9.58. The minimum Gasteiger partial charge on any atom is -0.497 e. The van der Waals surface area contributed by atoms with Gasteiger partial charge < -0.3 is 10.1 Å². The molecule has 1 atom stereocenters. The van der Waals surface area contributed by atoms with Crippen molar-refractivity contribution in [3.05, 3.63) is 42.2 Å². The molecule has 0 fully saturated rings. The Hall–Kier alpha value is -1.97. The van der Waals surface area contributed by atoms with Gasteiger partial charge in [-0.1, -0.05) is 12.1 Å². The molecule has 1 aromatic carbocycles. The molecule has 4 heteroatoms. The smallest absolute Gasteiger partial charge is 0.118 e. The minimum absolute atomic E-state index is 0.355. The van der Waals surface area contributed by atoms with Gasteiger partial charge in [0, 0.05) is 18.3 Å². The zero-order valence-electron chi connectivity index (χ0n) is 12.6. The van der Waals surface area contributed by atoms with Crippen LogP contribution in [0.4, 0.5) is 5.69 Å². The van der Waals surface area contributed by atoms with E-state index in [0.717, 1.165) is 17.9 Å². The average Bonchev–Trinajstić information content (AvgIpc) is 2.88. The van der Waals surface area contributed by atoms with E-state index in [4.69, 9.17) is 4.74 Å². The van der Waals surface area contributed by atoms with Crippen LogP contribution >= 0.6 is 0 Å². The van der Waals surface area contributed by atoms with Crippen LogP contribution in [-0.4, -0.2) is 22.9 Å². The lowest BCUT2D eigenvalue weighted by Gasteiger charge is -2.14. The van der Waals surface area contributed by atoms with Gasteiger partial charge in [0.15, 0.2) is 0 Å². The van der Waals surface area contributed by atoms with Gasteiger partial charge in [0.05, 0.1) is 19.0 Å². The zero-order chi connectivity index (χ0) is 14.5. The van der Waals surface area contributed by atoms with Gasteiger partial charge in [-0.25, -0.2) is 0 Å². The van der Waals surface area contributed by atoms with E-state index >= 15 is 0 Å². The van der Waals surface area contributed by atoms with Gasteiger partial charge in [-0.05, 0) is 44.9 Å². The molecule has 0 bridgehead atoms. The molecule has 1 heterocycles. The number of hydrogen-bond donors (Lipinski definition) is 1. The summed E-state index contributed by atoms with van der Waals surface area (Å²) >= 11 is 0. The lowest BCUT2D eigenvalue weighted by Crippen LogP contribution is -2.17. The highest BCUT2D eigenvalue weighted by atomic mass is 16.5. The molecule has 1 unspecified atom stereocenters. The number of methoxy groups -OCH3 is 1. The molecule has 2 aromatic rings. The largest absolute Gasteiger partial charge is 0.497 e. The van der Waals surface area contributed by atoms with Crippen LogP contribution in [0.5, 0.6) is 5.75 Å². The summed E-state index contributed by atoms with van der Waals surface area (Å²) < 4.78 is 7.13. The van der Waals surface area contributed by atoms with Crippen molar-refractivity contribution < 1.29 is 4.74 Å². The van der Waals surface area contributed by atoms with E-state index in [1.807, 2.05) is 23.0 Å². The quantitative estimate of drug-likeness (QED) is 0.875. The Labute approximate surface area is 120 Å². The molecule has 4 nitrogen and oxygen atoms in total. The van der Waals surface area contributed by atoms with Crippen LogP contribution < -0.4 is 10.1 Å². The Bertz CT molecular complexity index is 531. The second kappa shape index (κ2) is 6.46. The molecule has 0 aliphatic heterocycles. The van der Waals surface area contributed by atoms with Gasteiger partial charge in [-0.15, -0.1) is 0 Å². The van der Waals surface area contributed by atoms with Crippen LogP contribution in [0.3, 0.4) is 0 Å². The highest BCUT2D eigenvalue weighted by molar-refractivity contribution is 5.40. The van der Waals surface area contributed by atoms with Gasteiger partial charge in [0.2, 0.25) is 0 Å². The first-order valence-electron chi connectivity index (χ1n) is 7.02. The summed E-state index contributed by atoms with van der Waals surface area (Å²) in [4.78, 5) is 0. The van der Waals surface area contributed by atoms with E-state index < -0.39 is 0 Å². The number of nitrogens with one attached hydrogen (secondary N) is 1. The fourth-order valence-electron chi connectivity index (χ4n) is 2.15. The maximum Gasteiger partial charge on any atom is 0.118 e. The molecule has 2 rings (SSSR count). The Morgan fingerprint density at radius 1 is 1.20 bits per heavy atom. The van der Waals surface area contributed by atoms with Gasteiger partial charge in [0.25, 0.3) is 0 Å². The van der Waals surface area contributed by atoms with Crippen molar-refractivity contribution in [3.63, 3.8) is 0 Å². The van der Waals surface area contributed by atoms with E-state index in [0.29, 0.717) is 12.1 Å². The van der Waals surface area contributed by atoms with E-state index in [2.05, 4.69) is 49.5 Å². The number of aromatic nitrogens is 2. The van der Waals surface area contributed by atoms with Crippen molar-refractivity contribution in [1.82, 2.24) is 9.78 Å². The summed E-state index contributed by atoms with van der Waals surface area (Å²) in [6.07, 6.45) is 4.90. The maximum absolute atomic E-state index is 5.17. The summed E-state index contributed by atoms with van der Waals surface area (Å²) in [7, 11) is 1.69. The fraction of sp³-hybridized carbons (Fsp3) is 0.438. The number of ether oxygens (including phenoxy) is 1. The minimum atomic E-state index is 0.355. The standard InChI is InChI=1S/C16H23N3O/c1-12(2)19-11-15(10-17-19)18-13(3)9-14-5-7-16(20-4)8-6-14/h5-8,10-13,18H,9H2,1-4H3. The van der Waals surface area contributed by atoms with E-state index in [9.17, 15) is 0 Å². The van der Waals surface area contributed by atoms with Crippen molar-refractivity contribution in [2.45, 2.75) is 39.3 Å². The Kier molecular flexibility index (Phi) is 4.66. The van der Waals surface area contributed by atoms with Crippen LogP contribution in [-0.2, 0) is 6.42 Å². The molecule has 1 N–H and O–H groups in total. The van der Waals surface area contributed by atoms with Crippen LogP contribution in [0.1, 0.15) is 32.4 Å². The van der Waals surface area contributed by atoms with Crippen molar-refractivity contribution in [2.24, 2.45) is 0 Å². The van der Waals surface area contributed by atoms with Gasteiger partial charge in [-0.3, -0.25) is 4.68 Å². The zero-order valence-corrected chi connectivity index (χ0v) is 12.6. The number of anilines is 1. The van der Waals surface area contributed by atoms with E-state index in [1.165, 1.54) is 5.56 Å². The molecular weight excluding hydrogens is 250 g/mol. The summed E-state index contributed by atoms with van der Waals surface area (Å²) in [5, 5.41) is 7.82. The molecule has 0 saturated heterocycles. The monoisotopic (exact) mass is 273 g/mol. The number of hydrogen-bond acceptors (Lipinski definition) is 3. The maximum atomic E-state index is 5.17. The van der Waals surface area contributed by atoms with Crippen LogP contribution in [0.25, 0.3) is 0 Å². The predicted octanol–water partition coefficient (Wildman–Crippen LogP) is 3.52. The van der Waals surface area contributed by atoms with Gasteiger partial charge >= 0.3 is 0 Å². The highest BCUT2D eigenvalue weighted by Crippen LogP contribution is 2.15. The summed E-state index contributed by atoms with van der Waals surface area (Å²) in [5.74, 6) is 0.896. The molecule has 0 saturated carbocycles. The molecule has 0 radical (unpaired) electrons. The first-order valence-corrected chi connectivity index (χ1v) is 7.02. The van der Waals surface area contributed by atoms with Crippen molar-refractivity contribution in [3.8, 4) is 5.75 Å². The van der Waals surface area contributed by atoms with Crippen molar-refractivity contribution >= 4 is 5.69 Å². The Balaban J connectivity index is 1.92. The van der Waals surface area contributed by atoms with Crippen molar-refractivity contribution in [1.29, 1.82) is 0 Å². The molecule has 0 aliphatic rings. The summed E-state index contributed by atoms with van der Waals surface area (Å²) in [6.45, 7) is 6.42. The fourth-order valence-corrected chi connectivity index (χ4v) is 2.15. The number of benzene rings is 1. The number of rotatable bonds is 6. The lowest BCUT2D eigenvalue weighted by molar-refractivity contribution is 0.414. The second-order valence-corrected chi connectivity index (χ2v) is 5.40. The molecule has 0 spiro atoms. The molecule has 0 aliphatic carbocycles. The predicted molar refractivity (Wildman–Crippen MR) is 82.4 cm³/mol. The Morgan fingerprint density at radius 2 is 1.90 bits per heavy atom. The second-order valence-electron chi connectivity index (χ2n) is 5.40. The van der Waals surface area contributed by atoms with Gasteiger partial charge in [0.1, 0.15) is 5.75 Å². The third kappa shape index (κ3) is 3.76. The SMILES string of the molecule is COc1ccc(CC(C)Nc2cnn(C(C)C)c2)cc1. The van der Waals surface area contributed by atoms with Crippen LogP contribution in [0.2, 0.25) is 0 Å². The van der Waals surface area contributed by atoms with Crippen LogP contribution in [0.15, 0.2) is 36.7 Å². The first kappa shape index (κ1) is 14.4. The Morgan fingerprint density at radius 3 is 2.45 bits per heavy atom. The molecule has 20 heavy (non-hydrogen) atoms. The van der Waals surface area contributed by atoms with E-state index in [1.54, 1.807) is 7.11 Å². The molecular formula is C16H23N3O.